The summed E-state index contributed by atoms with van der Waals surface area (Å²) in [5, 5.41) is 0. The Morgan fingerprint density at radius 2 is 1.55 bits per heavy atom. The molecule has 0 aliphatic rings. The fraction of sp³-hybridized carbons (Fsp3) is 0.333. The van der Waals surface area contributed by atoms with Gasteiger partial charge in [0, 0.05) is 18.1 Å². The van der Waals surface area contributed by atoms with Crippen molar-refractivity contribution in [2.24, 2.45) is 0 Å². The second-order valence-corrected chi connectivity index (χ2v) is 8.18. The van der Waals surface area contributed by atoms with E-state index in [2.05, 4.69) is 13.2 Å². The molecule has 0 saturated carbocycles. The Hall–Kier alpha value is -4.60. The molecule has 0 atom stereocenters. The van der Waals surface area contributed by atoms with Crippen LogP contribution >= 0.6 is 0 Å². The van der Waals surface area contributed by atoms with Gasteiger partial charge in [-0.05, 0) is 61.4 Å². The van der Waals surface area contributed by atoms with Crippen LogP contribution in [0.15, 0.2) is 67.3 Å². The number of hydrogen-bond donors (Lipinski definition) is 0. The summed E-state index contributed by atoms with van der Waals surface area (Å²) in [6.07, 6.45) is 1.98. The maximum Gasteiger partial charge on any atom is 0.343 e. The zero-order chi connectivity index (χ0) is 29.3. The van der Waals surface area contributed by atoms with Gasteiger partial charge in [-0.15, -0.1) is 0 Å². The second-order valence-electron chi connectivity index (χ2n) is 8.18. The fourth-order valence-corrected chi connectivity index (χ4v) is 3.22. The van der Waals surface area contributed by atoms with E-state index in [1.165, 1.54) is 0 Å². The van der Waals surface area contributed by atoms with Gasteiger partial charge < -0.3 is 28.4 Å². The van der Waals surface area contributed by atoms with E-state index in [1.807, 2.05) is 6.92 Å². The topological polar surface area (TPSA) is 124 Å². The van der Waals surface area contributed by atoms with E-state index < -0.39 is 23.9 Å². The molecule has 0 bridgehead atoms. The van der Waals surface area contributed by atoms with Crippen LogP contribution in [0.25, 0.3) is 0 Å². The van der Waals surface area contributed by atoms with Gasteiger partial charge in [0.2, 0.25) is 0 Å². The Labute approximate surface area is 233 Å². The minimum atomic E-state index is -0.698. The molecule has 0 amide bonds. The van der Waals surface area contributed by atoms with Crippen LogP contribution in [0.4, 0.5) is 0 Å². The molecule has 0 aliphatic heterocycles. The summed E-state index contributed by atoms with van der Waals surface area (Å²) in [7, 11) is 0. The quantitative estimate of drug-likeness (QED) is 0.0914. The van der Waals surface area contributed by atoms with E-state index >= 15 is 0 Å². The van der Waals surface area contributed by atoms with E-state index in [9.17, 15) is 19.2 Å². The van der Waals surface area contributed by atoms with Crippen molar-refractivity contribution in [1.82, 2.24) is 0 Å². The maximum atomic E-state index is 12.7. The van der Waals surface area contributed by atoms with Gasteiger partial charge in [-0.2, -0.15) is 0 Å². The summed E-state index contributed by atoms with van der Waals surface area (Å²) < 4.78 is 31.5. The van der Waals surface area contributed by atoms with Crippen molar-refractivity contribution in [2.75, 3.05) is 33.0 Å². The van der Waals surface area contributed by atoms with Crippen molar-refractivity contribution in [3.05, 3.63) is 78.4 Å². The third kappa shape index (κ3) is 11.0. The zero-order valence-corrected chi connectivity index (χ0v) is 22.8. The zero-order valence-electron chi connectivity index (χ0n) is 22.8. The number of aryl methyl sites for hydroxylation is 1. The maximum absolute atomic E-state index is 12.7. The standard InChI is InChI=1S/C30H34O10/c1-5-22-20-23(9-14-26(22)37-17-18-39-29(33)21(4)19-28(32)35-7-3)30(34)40-25-12-10-24(11-13-25)36-15-8-16-38-27(31)6-2/h6,9-14,20H,2,4-5,7-8,15-19H2,1,3H3. The molecule has 0 saturated heterocycles. The normalized spacial score (nSPS) is 10.2. The highest BCUT2D eigenvalue weighted by Gasteiger charge is 2.15. The molecule has 40 heavy (non-hydrogen) atoms. The number of carbonyl (C=O) groups is 4. The summed E-state index contributed by atoms with van der Waals surface area (Å²) in [6.45, 7) is 11.3. The first-order chi connectivity index (χ1) is 19.3. The van der Waals surface area contributed by atoms with Crippen molar-refractivity contribution in [1.29, 1.82) is 0 Å². The number of hydrogen-bond acceptors (Lipinski definition) is 10. The summed E-state index contributed by atoms with van der Waals surface area (Å²) in [4.78, 5) is 47.1. The van der Waals surface area contributed by atoms with E-state index in [4.69, 9.17) is 28.4 Å². The molecule has 0 N–H and O–H groups in total. The predicted molar refractivity (Wildman–Crippen MR) is 145 cm³/mol. The molecule has 10 nitrogen and oxygen atoms in total. The first-order valence-electron chi connectivity index (χ1n) is 12.8. The molecule has 2 aromatic carbocycles. The SMILES string of the molecule is C=CC(=O)OCCCOc1ccc(OC(=O)c2ccc(OCCOC(=O)C(=C)CC(=O)OCC)c(CC)c2)cc1. The Bertz CT molecular complexity index is 1180. The van der Waals surface area contributed by atoms with Crippen LogP contribution in [0.1, 0.15) is 42.6 Å². The van der Waals surface area contributed by atoms with Gasteiger partial charge in [0.15, 0.2) is 0 Å². The molecule has 0 spiro atoms. The molecule has 0 unspecified atom stereocenters. The molecule has 0 heterocycles. The molecule has 0 aliphatic carbocycles. The lowest BCUT2D eigenvalue weighted by molar-refractivity contribution is -0.146. The molecule has 10 heteroatoms. The van der Waals surface area contributed by atoms with Crippen LogP contribution in [-0.2, 0) is 35.0 Å². The molecular formula is C30H34O10. The Kier molecular flexibility index (Phi) is 13.5. The average Bonchev–Trinajstić information content (AvgIpc) is 2.95. The van der Waals surface area contributed by atoms with Crippen molar-refractivity contribution in [2.45, 2.75) is 33.1 Å². The molecule has 0 radical (unpaired) electrons. The van der Waals surface area contributed by atoms with Crippen molar-refractivity contribution < 1.29 is 47.6 Å². The number of carbonyl (C=O) groups excluding carboxylic acids is 4. The minimum absolute atomic E-state index is 0.00137. The lowest BCUT2D eigenvalue weighted by atomic mass is 10.1. The highest BCUT2D eigenvalue weighted by molar-refractivity contribution is 5.93. The van der Waals surface area contributed by atoms with Gasteiger partial charge in [0.05, 0.1) is 31.8 Å². The lowest BCUT2D eigenvalue weighted by Crippen LogP contribution is -2.16. The minimum Gasteiger partial charge on any atom is -0.493 e. The largest absolute Gasteiger partial charge is 0.493 e. The third-order valence-electron chi connectivity index (χ3n) is 5.21. The highest BCUT2D eigenvalue weighted by atomic mass is 16.6. The number of esters is 4. The summed E-state index contributed by atoms with van der Waals surface area (Å²) >= 11 is 0. The van der Waals surface area contributed by atoms with Gasteiger partial charge in [-0.3, -0.25) is 4.79 Å². The lowest BCUT2D eigenvalue weighted by Gasteiger charge is -2.13. The molecular weight excluding hydrogens is 520 g/mol. The summed E-state index contributed by atoms with van der Waals surface area (Å²) in [5.41, 5.74) is 1.12. The molecule has 2 aromatic rings. The van der Waals surface area contributed by atoms with Gasteiger partial charge >= 0.3 is 23.9 Å². The fourth-order valence-electron chi connectivity index (χ4n) is 3.22. The van der Waals surface area contributed by atoms with Crippen molar-refractivity contribution >= 4 is 23.9 Å². The number of rotatable bonds is 17. The van der Waals surface area contributed by atoms with Crippen LogP contribution in [0.5, 0.6) is 17.2 Å². The van der Waals surface area contributed by atoms with Crippen LogP contribution in [0.3, 0.4) is 0 Å². The van der Waals surface area contributed by atoms with E-state index in [1.54, 1.807) is 49.4 Å². The highest BCUT2D eigenvalue weighted by Crippen LogP contribution is 2.23. The van der Waals surface area contributed by atoms with Crippen molar-refractivity contribution in [3.8, 4) is 17.2 Å². The van der Waals surface area contributed by atoms with Crippen LogP contribution in [0, 0.1) is 0 Å². The first kappa shape index (κ1) is 31.6. The molecule has 0 fully saturated rings. The van der Waals surface area contributed by atoms with E-state index in [0.29, 0.717) is 42.3 Å². The van der Waals surface area contributed by atoms with Gasteiger partial charge in [0.1, 0.15) is 30.5 Å². The smallest absolute Gasteiger partial charge is 0.343 e. The van der Waals surface area contributed by atoms with E-state index in [-0.39, 0.29) is 38.4 Å². The first-order valence-corrected chi connectivity index (χ1v) is 12.8. The Balaban J connectivity index is 1.81. The predicted octanol–water partition coefficient (Wildman–Crippen LogP) is 4.40. The number of benzene rings is 2. The Morgan fingerprint density at radius 1 is 0.825 bits per heavy atom. The van der Waals surface area contributed by atoms with E-state index in [0.717, 1.165) is 11.6 Å². The van der Waals surface area contributed by atoms with Gasteiger partial charge in [0.25, 0.3) is 0 Å². The van der Waals surface area contributed by atoms with Gasteiger partial charge in [-0.1, -0.05) is 20.1 Å². The summed E-state index contributed by atoms with van der Waals surface area (Å²) in [6, 6.07) is 11.5. The van der Waals surface area contributed by atoms with Crippen molar-refractivity contribution in [3.63, 3.8) is 0 Å². The Morgan fingerprint density at radius 3 is 2.23 bits per heavy atom. The van der Waals surface area contributed by atoms with Gasteiger partial charge in [-0.25, -0.2) is 14.4 Å². The van der Waals surface area contributed by atoms with Crippen LogP contribution in [-0.4, -0.2) is 56.9 Å². The molecule has 2 rings (SSSR count). The number of ether oxygens (including phenoxy) is 6. The molecule has 214 valence electrons. The third-order valence-corrected chi connectivity index (χ3v) is 5.21. The van der Waals surface area contributed by atoms with Crippen LogP contribution < -0.4 is 14.2 Å². The average molecular weight is 555 g/mol. The monoisotopic (exact) mass is 554 g/mol. The van der Waals surface area contributed by atoms with Crippen LogP contribution in [0.2, 0.25) is 0 Å². The summed E-state index contributed by atoms with van der Waals surface area (Å²) in [5.74, 6) is -0.781. The second kappa shape index (κ2) is 17.1. The molecule has 0 aromatic heterocycles.